The van der Waals surface area contributed by atoms with Crippen LogP contribution in [0.2, 0.25) is 0 Å². The summed E-state index contributed by atoms with van der Waals surface area (Å²) in [4.78, 5) is 0. The molecular weight excluding hydrogens is 154 g/mol. The summed E-state index contributed by atoms with van der Waals surface area (Å²) in [6, 6.07) is 0.701. The highest BCUT2D eigenvalue weighted by atomic mass is 35.5. The van der Waals surface area contributed by atoms with E-state index < -0.39 is 0 Å². The summed E-state index contributed by atoms with van der Waals surface area (Å²) < 4.78 is 3.00. The zero-order valence-corrected chi connectivity index (χ0v) is 7.18. The second-order valence-electron chi connectivity index (χ2n) is 2.46. The second kappa shape index (κ2) is 5.39. The monoisotopic (exact) mass is 167 g/mol. The maximum Gasteiger partial charge on any atom is 0.0169 e. The molecule has 0 amide bonds. The average molecular weight is 168 g/mol. The molecule has 0 bridgehead atoms. The highest BCUT2D eigenvalue weighted by molar-refractivity contribution is 7.78. The third-order valence-corrected chi connectivity index (χ3v) is 2.15. The molecule has 0 aromatic heterocycles. The topological polar surface area (TPSA) is 12.0 Å². The fraction of sp³-hybridized carbons (Fsp3) is 1.00. The lowest BCUT2D eigenvalue weighted by Crippen LogP contribution is -2.23. The van der Waals surface area contributed by atoms with E-state index in [-0.39, 0.29) is 12.4 Å². The van der Waals surface area contributed by atoms with E-state index in [2.05, 4.69) is 17.5 Å². The van der Waals surface area contributed by atoms with Crippen LogP contribution in [0.5, 0.6) is 0 Å². The number of nitrogens with one attached hydrogen (secondary N) is 1. The van der Waals surface area contributed by atoms with E-state index in [0.29, 0.717) is 6.04 Å². The van der Waals surface area contributed by atoms with Crippen LogP contribution in [0.1, 0.15) is 32.1 Å². The predicted octanol–water partition coefficient (Wildman–Crippen LogP) is 2.18. The Balaban J connectivity index is 0.000000640. The van der Waals surface area contributed by atoms with Crippen molar-refractivity contribution in [2.24, 2.45) is 0 Å². The van der Waals surface area contributed by atoms with E-state index in [1.807, 2.05) is 0 Å². The maximum atomic E-state index is 4.01. The van der Waals surface area contributed by atoms with Crippen LogP contribution in [0.25, 0.3) is 0 Å². The molecule has 9 heavy (non-hydrogen) atoms. The molecule has 56 valence electrons. The molecule has 3 heteroatoms. The Kier molecular flexibility index (Phi) is 5.75. The molecule has 1 aliphatic carbocycles. The Morgan fingerprint density at radius 2 is 1.67 bits per heavy atom. The minimum absolute atomic E-state index is 0. The third-order valence-electron chi connectivity index (χ3n) is 1.79. The first-order chi connectivity index (χ1) is 3.93. The van der Waals surface area contributed by atoms with Gasteiger partial charge in [-0.1, -0.05) is 32.1 Å². The molecule has 0 aromatic carbocycles. The van der Waals surface area contributed by atoms with Gasteiger partial charge < -0.3 is 0 Å². The molecule has 1 fully saturated rings. The molecule has 0 aliphatic heterocycles. The van der Waals surface area contributed by atoms with Gasteiger partial charge in [-0.15, -0.1) is 12.4 Å². The average Bonchev–Trinajstić information content (AvgIpc) is 1.90. The molecule has 0 radical (unpaired) electrons. The molecule has 0 spiro atoms. The Morgan fingerprint density at radius 3 is 2.00 bits per heavy atom. The number of thiol groups is 1. The van der Waals surface area contributed by atoms with E-state index in [4.69, 9.17) is 0 Å². The number of hydrogen-bond donors (Lipinski definition) is 2. The summed E-state index contributed by atoms with van der Waals surface area (Å²) in [5.74, 6) is 0. The first kappa shape index (κ1) is 9.60. The summed E-state index contributed by atoms with van der Waals surface area (Å²) in [5.41, 5.74) is 0. The SMILES string of the molecule is Cl.SNC1CCCCC1. The second-order valence-corrected chi connectivity index (χ2v) is 2.72. The van der Waals surface area contributed by atoms with Crippen LogP contribution in [0, 0.1) is 0 Å². The van der Waals surface area contributed by atoms with Crippen LogP contribution in [-0.2, 0) is 0 Å². The summed E-state index contributed by atoms with van der Waals surface area (Å²) in [5, 5.41) is 0. The van der Waals surface area contributed by atoms with Crippen LogP contribution >= 0.6 is 25.2 Å². The minimum atomic E-state index is 0. The van der Waals surface area contributed by atoms with Gasteiger partial charge in [0.15, 0.2) is 0 Å². The van der Waals surface area contributed by atoms with Crippen LogP contribution in [0.15, 0.2) is 0 Å². The summed E-state index contributed by atoms with van der Waals surface area (Å²) in [6.07, 6.45) is 6.84. The van der Waals surface area contributed by atoms with Gasteiger partial charge in [0.1, 0.15) is 0 Å². The van der Waals surface area contributed by atoms with Gasteiger partial charge in [0, 0.05) is 6.04 Å². The lowest BCUT2D eigenvalue weighted by atomic mass is 9.96. The first-order valence-corrected chi connectivity index (χ1v) is 3.78. The number of hydrogen-bond acceptors (Lipinski definition) is 2. The number of halogens is 1. The Morgan fingerprint density at radius 1 is 1.11 bits per heavy atom. The zero-order chi connectivity index (χ0) is 5.82. The van der Waals surface area contributed by atoms with Crippen LogP contribution < -0.4 is 4.72 Å². The van der Waals surface area contributed by atoms with E-state index in [1.54, 1.807) is 0 Å². The molecule has 0 unspecified atom stereocenters. The van der Waals surface area contributed by atoms with Gasteiger partial charge in [0.25, 0.3) is 0 Å². The fourth-order valence-corrected chi connectivity index (χ4v) is 1.49. The van der Waals surface area contributed by atoms with Gasteiger partial charge in [-0.05, 0) is 12.8 Å². The van der Waals surface area contributed by atoms with Crippen molar-refractivity contribution in [2.75, 3.05) is 0 Å². The molecule has 1 saturated carbocycles. The Labute approximate surface area is 68.6 Å². The Hall–Kier alpha value is 0.600. The lowest BCUT2D eigenvalue weighted by molar-refractivity contribution is 0.424. The van der Waals surface area contributed by atoms with E-state index in [9.17, 15) is 0 Å². The standard InChI is InChI=1S/C6H13NS.ClH/c8-7-6-4-2-1-3-5-6;/h6-8H,1-5H2;1H. The Bertz CT molecular complexity index is 64.1. The third kappa shape index (κ3) is 3.33. The van der Waals surface area contributed by atoms with Crippen molar-refractivity contribution >= 4 is 25.2 Å². The molecule has 1 nitrogen and oxygen atoms in total. The van der Waals surface area contributed by atoms with Crippen LogP contribution in [0.3, 0.4) is 0 Å². The van der Waals surface area contributed by atoms with Gasteiger partial charge in [0.05, 0.1) is 0 Å². The highest BCUT2D eigenvalue weighted by Gasteiger charge is 2.09. The van der Waals surface area contributed by atoms with Crippen molar-refractivity contribution in [3.8, 4) is 0 Å². The summed E-state index contributed by atoms with van der Waals surface area (Å²) in [6.45, 7) is 0. The molecule has 0 saturated heterocycles. The molecule has 1 N–H and O–H groups in total. The van der Waals surface area contributed by atoms with Crippen molar-refractivity contribution in [1.29, 1.82) is 0 Å². The highest BCUT2D eigenvalue weighted by Crippen LogP contribution is 2.17. The quantitative estimate of drug-likeness (QED) is 0.571. The van der Waals surface area contributed by atoms with E-state index in [0.717, 1.165) is 0 Å². The maximum absolute atomic E-state index is 4.01. The van der Waals surface area contributed by atoms with Crippen LogP contribution in [-0.4, -0.2) is 6.04 Å². The van der Waals surface area contributed by atoms with E-state index >= 15 is 0 Å². The van der Waals surface area contributed by atoms with Gasteiger partial charge in [0.2, 0.25) is 0 Å². The van der Waals surface area contributed by atoms with Gasteiger partial charge in [-0.3, -0.25) is 4.72 Å². The van der Waals surface area contributed by atoms with Crippen molar-refractivity contribution in [2.45, 2.75) is 38.1 Å². The van der Waals surface area contributed by atoms with Crippen molar-refractivity contribution < 1.29 is 0 Å². The predicted molar refractivity (Wildman–Crippen MR) is 46.2 cm³/mol. The van der Waals surface area contributed by atoms with Crippen LogP contribution in [0.4, 0.5) is 0 Å². The minimum Gasteiger partial charge on any atom is -0.264 e. The van der Waals surface area contributed by atoms with Gasteiger partial charge in [-0.2, -0.15) is 0 Å². The number of rotatable bonds is 1. The molecule has 1 rings (SSSR count). The summed E-state index contributed by atoms with van der Waals surface area (Å²) >= 11 is 4.01. The summed E-state index contributed by atoms with van der Waals surface area (Å²) in [7, 11) is 0. The van der Waals surface area contributed by atoms with Crippen molar-refractivity contribution in [1.82, 2.24) is 4.72 Å². The largest absolute Gasteiger partial charge is 0.264 e. The van der Waals surface area contributed by atoms with Gasteiger partial charge >= 0.3 is 0 Å². The molecule has 0 atom stereocenters. The van der Waals surface area contributed by atoms with E-state index in [1.165, 1.54) is 32.1 Å². The first-order valence-electron chi connectivity index (χ1n) is 3.33. The van der Waals surface area contributed by atoms with Crippen molar-refractivity contribution in [3.05, 3.63) is 0 Å². The fourth-order valence-electron chi connectivity index (χ4n) is 1.23. The lowest BCUT2D eigenvalue weighted by Gasteiger charge is -2.19. The normalized spacial score (nSPS) is 21.0. The zero-order valence-electron chi connectivity index (χ0n) is 5.47. The molecule has 0 heterocycles. The van der Waals surface area contributed by atoms with Gasteiger partial charge in [-0.25, -0.2) is 0 Å². The molecule has 0 aromatic rings. The molecule has 1 aliphatic rings. The molecular formula is C6H14ClNS. The smallest absolute Gasteiger partial charge is 0.0169 e. The van der Waals surface area contributed by atoms with Crippen molar-refractivity contribution in [3.63, 3.8) is 0 Å².